The Balaban J connectivity index is 1.32. The monoisotopic (exact) mass is 518 g/mol. The lowest BCUT2D eigenvalue weighted by Gasteiger charge is -2.36. The van der Waals surface area contributed by atoms with Crippen molar-refractivity contribution in [1.82, 2.24) is 24.4 Å². The molecule has 0 saturated carbocycles. The number of benzene rings is 1. The smallest absolute Gasteiger partial charge is 0.422 e. The van der Waals surface area contributed by atoms with Crippen LogP contribution in [-0.4, -0.2) is 69.9 Å². The summed E-state index contributed by atoms with van der Waals surface area (Å²) in [6.45, 7) is 4.09. The quantitative estimate of drug-likeness (QED) is 0.465. The maximum atomic E-state index is 13.0. The fourth-order valence-electron chi connectivity index (χ4n) is 4.40. The second-order valence-electron chi connectivity index (χ2n) is 8.91. The van der Waals surface area contributed by atoms with E-state index >= 15 is 0 Å². The minimum atomic E-state index is -4.40. The molecular weight excluding hydrogens is 489 g/mol. The van der Waals surface area contributed by atoms with Crippen molar-refractivity contribution in [2.45, 2.75) is 32.0 Å². The number of piperazine rings is 1. The van der Waals surface area contributed by atoms with E-state index in [2.05, 4.69) is 19.9 Å². The van der Waals surface area contributed by atoms with Crippen LogP contribution in [0.2, 0.25) is 0 Å². The summed E-state index contributed by atoms with van der Waals surface area (Å²) in [7, 11) is 0. The van der Waals surface area contributed by atoms with E-state index in [9.17, 15) is 22.8 Å². The maximum absolute atomic E-state index is 13.0. The van der Waals surface area contributed by atoms with Gasteiger partial charge in [-0.1, -0.05) is 19.1 Å². The van der Waals surface area contributed by atoms with Gasteiger partial charge in [-0.2, -0.15) is 13.2 Å². The van der Waals surface area contributed by atoms with Crippen molar-refractivity contribution < 1.29 is 17.9 Å². The summed E-state index contributed by atoms with van der Waals surface area (Å²) in [5.41, 5.74) is 0.919. The number of H-pyrrole nitrogens is 1. The number of para-hydroxylation sites is 2. The molecule has 1 unspecified atom stereocenters. The van der Waals surface area contributed by atoms with E-state index in [1.54, 1.807) is 42.9 Å². The zero-order valence-electron chi connectivity index (χ0n) is 20.4. The van der Waals surface area contributed by atoms with Crippen LogP contribution < -0.4 is 20.9 Å². The molecule has 1 saturated heterocycles. The third-order valence-electron chi connectivity index (χ3n) is 6.41. The van der Waals surface area contributed by atoms with Crippen molar-refractivity contribution in [3.05, 3.63) is 81.1 Å². The summed E-state index contributed by atoms with van der Waals surface area (Å²) in [5.74, 6) is -0.108. The van der Waals surface area contributed by atoms with Crippen LogP contribution in [0.3, 0.4) is 0 Å². The lowest BCUT2D eigenvalue weighted by molar-refractivity contribution is -0.153. The average Bonchev–Trinajstić information content (AvgIpc) is 2.90. The van der Waals surface area contributed by atoms with Gasteiger partial charge in [0.2, 0.25) is 0 Å². The first kappa shape index (κ1) is 26.4. The van der Waals surface area contributed by atoms with Crippen molar-refractivity contribution in [3.63, 3.8) is 0 Å². The van der Waals surface area contributed by atoms with E-state index < -0.39 is 18.5 Å². The molecule has 0 aliphatic carbocycles. The lowest BCUT2D eigenvalue weighted by Crippen LogP contribution is -2.47. The summed E-state index contributed by atoms with van der Waals surface area (Å²) in [6, 6.07) is 6.73. The molecule has 12 heteroatoms. The third-order valence-corrected chi connectivity index (χ3v) is 6.41. The fourth-order valence-corrected chi connectivity index (χ4v) is 4.40. The van der Waals surface area contributed by atoms with Crippen molar-refractivity contribution in [1.29, 1.82) is 0 Å². The van der Waals surface area contributed by atoms with Gasteiger partial charge in [0.15, 0.2) is 6.61 Å². The molecule has 1 N–H and O–H groups in total. The molecule has 0 spiro atoms. The Bertz CT molecular complexity index is 1290. The first-order valence-corrected chi connectivity index (χ1v) is 12.1. The summed E-state index contributed by atoms with van der Waals surface area (Å²) in [4.78, 5) is 40.6. The Hall–Kier alpha value is -3.67. The Kier molecular flexibility index (Phi) is 8.27. The maximum Gasteiger partial charge on any atom is 0.422 e. The SMILES string of the molecule is CC(c1cnccn1)c1c[nH]c(=O)n(CCCN2CCN(c3ccccc3OCC(F)(F)F)CC2)c1=O. The van der Waals surface area contributed by atoms with Crippen molar-refractivity contribution >= 4 is 5.69 Å². The first-order chi connectivity index (χ1) is 17.7. The molecule has 1 aliphatic rings. The summed E-state index contributed by atoms with van der Waals surface area (Å²) in [6.07, 6.45) is 2.35. The fraction of sp³-hybridized carbons (Fsp3) is 0.440. The van der Waals surface area contributed by atoms with Gasteiger partial charge < -0.3 is 14.6 Å². The molecule has 0 amide bonds. The molecule has 4 rings (SSSR count). The van der Waals surface area contributed by atoms with Crippen molar-refractivity contribution in [2.75, 3.05) is 44.2 Å². The predicted octanol–water partition coefficient (Wildman–Crippen LogP) is 2.63. The number of aromatic nitrogens is 4. The highest BCUT2D eigenvalue weighted by atomic mass is 19.4. The third kappa shape index (κ3) is 6.76. The summed E-state index contributed by atoms with van der Waals surface area (Å²) < 4.78 is 44.0. The average molecular weight is 519 g/mol. The van der Waals surface area contributed by atoms with Crippen LogP contribution in [0.4, 0.5) is 18.9 Å². The van der Waals surface area contributed by atoms with Crippen LogP contribution in [-0.2, 0) is 6.54 Å². The highest BCUT2D eigenvalue weighted by Gasteiger charge is 2.29. The molecule has 1 atom stereocenters. The molecule has 2 aromatic heterocycles. The van der Waals surface area contributed by atoms with E-state index in [1.165, 1.54) is 10.8 Å². The molecular formula is C25H29F3N6O3. The van der Waals surface area contributed by atoms with E-state index in [-0.39, 0.29) is 23.8 Å². The predicted molar refractivity (Wildman–Crippen MR) is 132 cm³/mol. The van der Waals surface area contributed by atoms with Crippen molar-refractivity contribution in [3.8, 4) is 5.75 Å². The van der Waals surface area contributed by atoms with Crippen LogP contribution in [0.25, 0.3) is 0 Å². The number of ether oxygens (including phenoxy) is 1. The highest BCUT2D eigenvalue weighted by molar-refractivity contribution is 5.58. The number of anilines is 1. The van der Waals surface area contributed by atoms with Gasteiger partial charge in [0.05, 0.1) is 11.4 Å². The van der Waals surface area contributed by atoms with Gasteiger partial charge in [-0.3, -0.25) is 24.2 Å². The number of hydrogen-bond acceptors (Lipinski definition) is 7. The van der Waals surface area contributed by atoms with E-state index in [1.807, 2.05) is 11.8 Å². The molecule has 3 aromatic rings. The molecule has 1 fully saturated rings. The van der Waals surface area contributed by atoms with Gasteiger partial charge in [-0.15, -0.1) is 0 Å². The van der Waals surface area contributed by atoms with E-state index in [0.717, 1.165) is 0 Å². The second-order valence-corrected chi connectivity index (χ2v) is 8.91. The van der Waals surface area contributed by atoms with E-state index in [4.69, 9.17) is 4.74 Å². The zero-order valence-corrected chi connectivity index (χ0v) is 20.4. The Morgan fingerprint density at radius 2 is 1.84 bits per heavy atom. The topological polar surface area (TPSA) is 96.3 Å². The lowest BCUT2D eigenvalue weighted by atomic mass is 10.0. The van der Waals surface area contributed by atoms with Crippen LogP contribution in [0.15, 0.2) is 58.6 Å². The van der Waals surface area contributed by atoms with E-state index in [0.29, 0.717) is 56.1 Å². The highest BCUT2D eigenvalue weighted by Crippen LogP contribution is 2.30. The van der Waals surface area contributed by atoms with Gasteiger partial charge in [0.25, 0.3) is 5.56 Å². The van der Waals surface area contributed by atoms with Gasteiger partial charge in [-0.25, -0.2) is 4.79 Å². The minimum absolute atomic E-state index is 0.211. The molecule has 1 aromatic carbocycles. The van der Waals surface area contributed by atoms with Gasteiger partial charge in [-0.05, 0) is 25.1 Å². The molecule has 9 nitrogen and oxygen atoms in total. The van der Waals surface area contributed by atoms with Gasteiger partial charge in [0.1, 0.15) is 5.75 Å². The summed E-state index contributed by atoms with van der Waals surface area (Å²) >= 11 is 0. The number of nitrogens with one attached hydrogen (secondary N) is 1. The molecule has 0 bridgehead atoms. The van der Waals surface area contributed by atoms with Gasteiger partial charge in [0, 0.05) is 69.0 Å². The number of halogens is 3. The largest absolute Gasteiger partial charge is 0.482 e. The zero-order chi connectivity index (χ0) is 26.4. The minimum Gasteiger partial charge on any atom is -0.482 e. The number of alkyl halides is 3. The van der Waals surface area contributed by atoms with Crippen LogP contribution >= 0.6 is 0 Å². The standard InChI is InChI=1S/C25H29F3N6O3/c1-18(20-16-29-7-8-30-20)19-15-31-24(36)34(23(19)35)10-4-9-32-11-13-33(14-12-32)21-5-2-3-6-22(21)37-17-25(26,27)28/h2-3,5-8,15-16,18H,4,9-14,17H2,1H3,(H,31,36). The number of aromatic amines is 1. The second kappa shape index (κ2) is 11.6. The van der Waals surface area contributed by atoms with Crippen LogP contribution in [0, 0.1) is 0 Å². The van der Waals surface area contributed by atoms with Crippen LogP contribution in [0.5, 0.6) is 5.75 Å². The van der Waals surface area contributed by atoms with Gasteiger partial charge >= 0.3 is 11.9 Å². The molecule has 37 heavy (non-hydrogen) atoms. The number of hydrogen-bond donors (Lipinski definition) is 1. The Morgan fingerprint density at radius 3 is 2.54 bits per heavy atom. The number of rotatable bonds is 9. The normalized spacial score (nSPS) is 15.5. The Labute approximate surface area is 211 Å². The summed E-state index contributed by atoms with van der Waals surface area (Å²) in [5, 5.41) is 0. The van der Waals surface area contributed by atoms with Crippen molar-refractivity contribution in [2.24, 2.45) is 0 Å². The molecule has 198 valence electrons. The molecule has 1 aliphatic heterocycles. The molecule has 3 heterocycles. The van der Waals surface area contributed by atoms with Crippen LogP contribution in [0.1, 0.15) is 30.5 Å². The molecule has 0 radical (unpaired) electrons. The first-order valence-electron chi connectivity index (χ1n) is 12.1. The Morgan fingerprint density at radius 1 is 1.08 bits per heavy atom. The number of nitrogens with zero attached hydrogens (tertiary/aromatic N) is 5.